The lowest BCUT2D eigenvalue weighted by Gasteiger charge is -2.36. The standard InChI is InChI=1S/C20H30FN3O2/c1-15(22-20(25)8-6-17-4-3-13-26-17)18-14-16(21)5-7-19(18)24-11-9-23(2)10-12-24/h5,7,14-15,17H,3-4,6,8-13H2,1-2H3,(H,22,25). The van der Waals surface area contributed by atoms with Crippen LogP contribution in [0, 0.1) is 5.82 Å². The second-order valence-corrected chi connectivity index (χ2v) is 7.46. The second kappa shape index (κ2) is 8.82. The Balaban J connectivity index is 1.62. The molecule has 6 heteroatoms. The molecule has 2 saturated heterocycles. The van der Waals surface area contributed by atoms with Crippen molar-refractivity contribution in [3.05, 3.63) is 29.6 Å². The Hall–Kier alpha value is -1.66. The highest BCUT2D eigenvalue weighted by Gasteiger charge is 2.22. The molecule has 0 radical (unpaired) electrons. The first-order valence-corrected chi connectivity index (χ1v) is 9.67. The van der Waals surface area contributed by atoms with Gasteiger partial charge in [-0.1, -0.05) is 0 Å². The van der Waals surface area contributed by atoms with Crippen molar-refractivity contribution in [1.82, 2.24) is 10.2 Å². The number of hydrogen-bond donors (Lipinski definition) is 1. The first kappa shape index (κ1) is 19.1. The SMILES string of the molecule is CC(NC(=O)CCC1CCCO1)c1cc(F)ccc1N1CCN(C)CC1. The van der Waals surface area contributed by atoms with Gasteiger partial charge in [-0.25, -0.2) is 4.39 Å². The van der Waals surface area contributed by atoms with E-state index >= 15 is 0 Å². The van der Waals surface area contributed by atoms with Crippen molar-refractivity contribution >= 4 is 11.6 Å². The summed E-state index contributed by atoms with van der Waals surface area (Å²) in [4.78, 5) is 16.9. The van der Waals surface area contributed by atoms with Crippen LogP contribution in [0.25, 0.3) is 0 Å². The number of anilines is 1. The maximum Gasteiger partial charge on any atom is 0.220 e. The number of hydrogen-bond acceptors (Lipinski definition) is 4. The van der Waals surface area contributed by atoms with Gasteiger partial charge in [0.05, 0.1) is 12.1 Å². The van der Waals surface area contributed by atoms with Gasteiger partial charge in [0.2, 0.25) is 5.91 Å². The van der Waals surface area contributed by atoms with Crippen LogP contribution in [0.5, 0.6) is 0 Å². The van der Waals surface area contributed by atoms with E-state index in [4.69, 9.17) is 4.74 Å². The summed E-state index contributed by atoms with van der Waals surface area (Å²) in [5.41, 5.74) is 1.87. The number of halogens is 1. The van der Waals surface area contributed by atoms with Gasteiger partial charge in [-0.2, -0.15) is 0 Å². The molecule has 144 valence electrons. The topological polar surface area (TPSA) is 44.8 Å². The molecule has 26 heavy (non-hydrogen) atoms. The van der Waals surface area contributed by atoms with Gasteiger partial charge in [0.25, 0.3) is 0 Å². The van der Waals surface area contributed by atoms with Crippen molar-refractivity contribution in [2.45, 2.75) is 44.8 Å². The lowest BCUT2D eigenvalue weighted by atomic mass is 10.0. The van der Waals surface area contributed by atoms with E-state index in [1.54, 1.807) is 6.07 Å². The summed E-state index contributed by atoms with van der Waals surface area (Å²) in [6, 6.07) is 4.67. The zero-order valence-electron chi connectivity index (χ0n) is 15.8. The molecule has 1 aromatic rings. The minimum Gasteiger partial charge on any atom is -0.378 e. The Kier molecular flexibility index (Phi) is 6.48. The van der Waals surface area contributed by atoms with Gasteiger partial charge >= 0.3 is 0 Å². The Morgan fingerprint density at radius 3 is 2.81 bits per heavy atom. The van der Waals surface area contributed by atoms with Crippen molar-refractivity contribution in [2.75, 3.05) is 44.7 Å². The summed E-state index contributed by atoms with van der Waals surface area (Å²) >= 11 is 0. The monoisotopic (exact) mass is 363 g/mol. The molecule has 2 atom stereocenters. The highest BCUT2D eigenvalue weighted by molar-refractivity contribution is 5.76. The highest BCUT2D eigenvalue weighted by Crippen LogP contribution is 2.28. The molecule has 2 unspecified atom stereocenters. The molecule has 0 aliphatic carbocycles. The average Bonchev–Trinajstić information content (AvgIpc) is 3.14. The molecule has 0 aromatic heterocycles. The molecular formula is C20H30FN3O2. The molecule has 1 aromatic carbocycles. The van der Waals surface area contributed by atoms with E-state index in [1.807, 2.05) is 13.0 Å². The van der Waals surface area contributed by atoms with Gasteiger partial charge in [-0.05, 0) is 51.4 Å². The van der Waals surface area contributed by atoms with Crippen LogP contribution >= 0.6 is 0 Å². The fraction of sp³-hybridized carbons (Fsp3) is 0.650. The first-order chi connectivity index (χ1) is 12.5. The van der Waals surface area contributed by atoms with Crippen LogP contribution in [-0.4, -0.2) is 56.7 Å². The zero-order valence-corrected chi connectivity index (χ0v) is 15.8. The van der Waals surface area contributed by atoms with E-state index in [0.29, 0.717) is 6.42 Å². The number of benzene rings is 1. The number of likely N-dealkylation sites (N-methyl/N-ethyl adjacent to an activating group) is 1. The number of ether oxygens (including phenoxy) is 1. The van der Waals surface area contributed by atoms with Crippen molar-refractivity contribution < 1.29 is 13.9 Å². The molecule has 2 aliphatic rings. The summed E-state index contributed by atoms with van der Waals surface area (Å²) in [5.74, 6) is -0.264. The average molecular weight is 363 g/mol. The highest BCUT2D eigenvalue weighted by atomic mass is 19.1. The van der Waals surface area contributed by atoms with Crippen LogP contribution < -0.4 is 10.2 Å². The summed E-state index contributed by atoms with van der Waals surface area (Å²) in [5, 5.41) is 3.04. The van der Waals surface area contributed by atoms with Crippen LogP contribution in [-0.2, 0) is 9.53 Å². The lowest BCUT2D eigenvalue weighted by molar-refractivity contribution is -0.122. The molecule has 2 aliphatic heterocycles. The molecule has 1 amide bonds. The largest absolute Gasteiger partial charge is 0.378 e. The van der Waals surface area contributed by atoms with Gasteiger partial charge in [0.15, 0.2) is 0 Å². The maximum atomic E-state index is 13.9. The molecular weight excluding hydrogens is 333 g/mol. The predicted octanol–water partition coefficient (Wildman–Crippen LogP) is 2.71. The summed E-state index contributed by atoms with van der Waals surface area (Å²) in [6.07, 6.45) is 3.55. The van der Waals surface area contributed by atoms with E-state index in [1.165, 1.54) is 6.07 Å². The fourth-order valence-corrected chi connectivity index (χ4v) is 3.76. The van der Waals surface area contributed by atoms with Gasteiger partial charge in [0, 0.05) is 50.5 Å². The van der Waals surface area contributed by atoms with Crippen molar-refractivity contribution in [3.63, 3.8) is 0 Å². The molecule has 1 N–H and O–H groups in total. The van der Waals surface area contributed by atoms with Gasteiger partial charge in [-0.15, -0.1) is 0 Å². The third kappa shape index (κ3) is 4.95. The minimum atomic E-state index is -0.265. The molecule has 0 spiro atoms. The molecule has 2 heterocycles. The van der Waals surface area contributed by atoms with E-state index in [0.717, 1.165) is 63.3 Å². The number of rotatable bonds is 6. The van der Waals surface area contributed by atoms with E-state index < -0.39 is 0 Å². The molecule has 5 nitrogen and oxygen atoms in total. The summed E-state index contributed by atoms with van der Waals surface area (Å²) < 4.78 is 19.4. The second-order valence-electron chi connectivity index (χ2n) is 7.46. The van der Waals surface area contributed by atoms with Crippen molar-refractivity contribution in [1.29, 1.82) is 0 Å². The number of carbonyl (C=O) groups excluding carboxylic acids is 1. The predicted molar refractivity (Wildman–Crippen MR) is 101 cm³/mol. The summed E-state index contributed by atoms with van der Waals surface area (Å²) in [7, 11) is 2.11. The lowest BCUT2D eigenvalue weighted by Crippen LogP contribution is -2.45. The summed E-state index contributed by atoms with van der Waals surface area (Å²) in [6.45, 7) is 6.53. The number of amides is 1. The van der Waals surface area contributed by atoms with Crippen LogP contribution in [0.2, 0.25) is 0 Å². The number of nitrogens with one attached hydrogen (secondary N) is 1. The number of carbonyl (C=O) groups is 1. The molecule has 0 saturated carbocycles. The number of piperazine rings is 1. The van der Waals surface area contributed by atoms with Gasteiger partial charge in [0.1, 0.15) is 5.82 Å². The van der Waals surface area contributed by atoms with Gasteiger partial charge in [-0.3, -0.25) is 4.79 Å². The van der Waals surface area contributed by atoms with E-state index in [2.05, 4.69) is 22.2 Å². The van der Waals surface area contributed by atoms with Crippen molar-refractivity contribution in [3.8, 4) is 0 Å². The molecule has 0 bridgehead atoms. The van der Waals surface area contributed by atoms with Gasteiger partial charge < -0.3 is 19.9 Å². The first-order valence-electron chi connectivity index (χ1n) is 9.67. The molecule has 3 rings (SSSR count). The van der Waals surface area contributed by atoms with Crippen LogP contribution in [0.1, 0.15) is 44.2 Å². The third-order valence-corrected chi connectivity index (χ3v) is 5.39. The Labute approximate surface area is 155 Å². The molecule has 2 fully saturated rings. The van der Waals surface area contributed by atoms with Crippen molar-refractivity contribution in [2.24, 2.45) is 0 Å². The number of nitrogens with zero attached hydrogens (tertiary/aromatic N) is 2. The fourth-order valence-electron chi connectivity index (χ4n) is 3.76. The smallest absolute Gasteiger partial charge is 0.220 e. The Morgan fingerprint density at radius 1 is 1.35 bits per heavy atom. The quantitative estimate of drug-likeness (QED) is 0.844. The zero-order chi connectivity index (χ0) is 18.5. The van der Waals surface area contributed by atoms with Crippen LogP contribution in [0.4, 0.5) is 10.1 Å². The third-order valence-electron chi connectivity index (χ3n) is 5.39. The minimum absolute atomic E-state index is 0.00147. The van der Waals surface area contributed by atoms with E-state index in [-0.39, 0.29) is 23.9 Å². The van der Waals surface area contributed by atoms with E-state index in [9.17, 15) is 9.18 Å². The van der Waals surface area contributed by atoms with Crippen LogP contribution in [0.15, 0.2) is 18.2 Å². The van der Waals surface area contributed by atoms with Crippen LogP contribution in [0.3, 0.4) is 0 Å². The Bertz CT molecular complexity index is 611. The normalized spacial score (nSPS) is 22.4. The Morgan fingerprint density at radius 2 is 2.12 bits per heavy atom. The maximum absolute atomic E-state index is 13.9.